The molecule has 274 valence electrons. The molecule has 0 amide bonds. The second-order valence-corrected chi connectivity index (χ2v) is 14.3. The van der Waals surface area contributed by atoms with Crippen molar-refractivity contribution in [1.29, 1.82) is 0 Å². The van der Waals surface area contributed by atoms with Gasteiger partial charge in [-0.1, -0.05) is 127 Å². The molecule has 0 aliphatic carbocycles. The quantitative estimate of drug-likeness (QED) is 0.138. The summed E-state index contributed by atoms with van der Waals surface area (Å²) in [7, 11) is 0. The largest absolute Gasteiger partial charge is 0.309 e. The molecule has 0 aliphatic rings. The average Bonchev–Trinajstić information content (AvgIpc) is 3.30. The molecule has 0 N–H and O–H groups in total. The van der Waals surface area contributed by atoms with Crippen LogP contribution in [0.4, 0.5) is 34.1 Å². The number of anilines is 6. The standard InChI is InChI=1S/C54H38N4/c1-4-14-39(15-5-1)42-28-33-51-52(36-42)54(41-26-31-46(32-27-41)58(44-18-8-3-9-19-44)48-21-13-35-56-38-48)50-23-11-10-22-49(50)53(51)40-24-29-45(30-25-40)57(43-16-6-2-7-17-43)47-20-12-34-55-37-47/h1-38H. The summed E-state index contributed by atoms with van der Waals surface area (Å²) >= 11 is 0. The Morgan fingerprint density at radius 1 is 0.259 bits per heavy atom. The second-order valence-electron chi connectivity index (χ2n) is 14.3. The van der Waals surface area contributed by atoms with Crippen LogP contribution in [0.15, 0.2) is 231 Å². The molecule has 10 rings (SSSR count). The van der Waals surface area contributed by atoms with Gasteiger partial charge in [-0.25, -0.2) is 0 Å². The van der Waals surface area contributed by atoms with E-state index in [1.165, 1.54) is 43.8 Å². The first-order valence-corrected chi connectivity index (χ1v) is 19.6. The van der Waals surface area contributed by atoms with Crippen LogP contribution in [0.2, 0.25) is 0 Å². The Labute approximate surface area is 338 Å². The number of aromatic nitrogens is 2. The predicted octanol–water partition coefficient (Wildman–Crippen LogP) is 14.7. The van der Waals surface area contributed by atoms with Gasteiger partial charge in [0.05, 0.1) is 23.8 Å². The number of benzene rings is 8. The van der Waals surface area contributed by atoms with Gasteiger partial charge in [0.25, 0.3) is 0 Å². The van der Waals surface area contributed by atoms with Crippen molar-refractivity contribution in [1.82, 2.24) is 9.97 Å². The van der Waals surface area contributed by atoms with Gasteiger partial charge in [-0.05, 0) is 134 Å². The Kier molecular flexibility index (Phi) is 9.18. The van der Waals surface area contributed by atoms with Crippen molar-refractivity contribution in [2.45, 2.75) is 0 Å². The zero-order valence-corrected chi connectivity index (χ0v) is 31.7. The molecular weight excluding hydrogens is 705 g/mol. The molecule has 2 aromatic heterocycles. The number of pyridine rings is 2. The van der Waals surface area contributed by atoms with E-state index in [1.54, 1.807) is 0 Å². The van der Waals surface area contributed by atoms with Crippen molar-refractivity contribution in [3.05, 3.63) is 231 Å². The van der Waals surface area contributed by atoms with Gasteiger partial charge in [-0.3, -0.25) is 9.97 Å². The van der Waals surface area contributed by atoms with Crippen LogP contribution in [0.5, 0.6) is 0 Å². The van der Waals surface area contributed by atoms with E-state index in [4.69, 9.17) is 0 Å². The highest BCUT2D eigenvalue weighted by Crippen LogP contribution is 2.46. The van der Waals surface area contributed by atoms with Crippen LogP contribution in [0.1, 0.15) is 0 Å². The molecule has 4 nitrogen and oxygen atoms in total. The topological polar surface area (TPSA) is 32.3 Å². The van der Waals surface area contributed by atoms with Gasteiger partial charge < -0.3 is 9.80 Å². The maximum absolute atomic E-state index is 4.45. The Balaban J connectivity index is 1.15. The summed E-state index contributed by atoms with van der Waals surface area (Å²) in [6, 6.07) is 73.5. The molecule has 58 heavy (non-hydrogen) atoms. The van der Waals surface area contributed by atoms with Gasteiger partial charge in [-0.15, -0.1) is 0 Å². The van der Waals surface area contributed by atoms with Gasteiger partial charge in [0.15, 0.2) is 0 Å². The third kappa shape index (κ3) is 6.53. The smallest absolute Gasteiger partial charge is 0.0644 e. The van der Waals surface area contributed by atoms with E-state index < -0.39 is 0 Å². The zero-order chi connectivity index (χ0) is 38.7. The molecule has 10 aromatic rings. The fourth-order valence-corrected chi connectivity index (χ4v) is 8.19. The Hall–Kier alpha value is -7.82. The van der Waals surface area contributed by atoms with Gasteiger partial charge in [0.2, 0.25) is 0 Å². The van der Waals surface area contributed by atoms with E-state index in [2.05, 4.69) is 202 Å². The Morgan fingerprint density at radius 3 is 1.10 bits per heavy atom. The normalized spacial score (nSPS) is 11.1. The number of rotatable bonds is 9. The number of nitrogens with zero attached hydrogens (tertiary/aromatic N) is 4. The van der Waals surface area contributed by atoms with E-state index in [-0.39, 0.29) is 0 Å². The lowest BCUT2D eigenvalue weighted by Gasteiger charge is -2.26. The molecule has 0 unspecified atom stereocenters. The maximum Gasteiger partial charge on any atom is 0.0644 e. The summed E-state index contributed by atoms with van der Waals surface area (Å²) in [5.74, 6) is 0. The molecule has 8 aromatic carbocycles. The van der Waals surface area contributed by atoms with E-state index in [0.717, 1.165) is 45.3 Å². The fraction of sp³-hybridized carbons (Fsp3) is 0. The van der Waals surface area contributed by atoms with Crippen molar-refractivity contribution in [3.8, 4) is 33.4 Å². The molecule has 0 atom stereocenters. The minimum absolute atomic E-state index is 1.01. The van der Waals surface area contributed by atoms with Crippen molar-refractivity contribution >= 4 is 55.7 Å². The minimum atomic E-state index is 1.01. The SMILES string of the molecule is c1ccc(-c2ccc3c(-c4ccc(N(c5ccccc5)c5cccnc5)cc4)c4ccccc4c(-c4ccc(N(c5ccccc5)c5cccnc5)cc4)c3c2)cc1. The lowest BCUT2D eigenvalue weighted by atomic mass is 9.84. The summed E-state index contributed by atoms with van der Waals surface area (Å²) in [5.41, 5.74) is 13.4. The fourth-order valence-electron chi connectivity index (χ4n) is 8.19. The van der Waals surface area contributed by atoms with Crippen LogP contribution in [0.3, 0.4) is 0 Å². The molecule has 2 heterocycles. The average molecular weight is 743 g/mol. The van der Waals surface area contributed by atoms with Crippen molar-refractivity contribution in [2.75, 3.05) is 9.80 Å². The van der Waals surface area contributed by atoms with Crippen LogP contribution in [0.25, 0.3) is 54.9 Å². The monoisotopic (exact) mass is 742 g/mol. The van der Waals surface area contributed by atoms with E-state index in [9.17, 15) is 0 Å². The molecule has 4 heteroatoms. The summed E-state index contributed by atoms with van der Waals surface area (Å²) in [6.07, 6.45) is 7.45. The first-order valence-electron chi connectivity index (χ1n) is 19.6. The highest BCUT2D eigenvalue weighted by Gasteiger charge is 2.20. The molecule has 0 aliphatic heterocycles. The van der Waals surface area contributed by atoms with Crippen LogP contribution in [-0.4, -0.2) is 9.97 Å². The number of hydrogen-bond donors (Lipinski definition) is 0. The van der Waals surface area contributed by atoms with Gasteiger partial charge in [0, 0.05) is 35.1 Å². The van der Waals surface area contributed by atoms with Crippen molar-refractivity contribution < 1.29 is 0 Å². The zero-order valence-electron chi connectivity index (χ0n) is 31.7. The molecule has 0 fully saturated rings. The number of fused-ring (bicyclic) bond motifs is 2. The summed E-state index contributed by atoms with van der Waals surface area (Å²) in [4.78, 5) is 13.4. The minimum Gasteiger partial charge on any atom is -0.309 e. The molecule has 0 bridgehead atoms. The van der Waals surface area contributed by atoms with Crippen molar-refractivity contribution in [3.63, 3.8) is 0 Å². The van der Waals surface area contributed by atoms with E-state index in [1.807, 2.05) is 49.1 Å². The lowest BCUT2D eigenvalue weighted by molar-refractivity contribution is 1.23. The van der Waals surface area contributed by atoms with Gasteiger partial charge in [0.1, 0.15) is 0 Å². The Morgan fingerprint density at radius 2 is 0.638 bits per heavy atom. The summed E-state index contributed by atoms with van der Waals surface area (Å²) < 4.78 is 0. The third-order valence-electron chi connectivity index (χ3n) is 10.8. The van der Waals surface area contributed by atoms with Crippen LogP contribution >= 0.6 is 0 Å². The highest BCUT2D eigenvalue weighted by molar-refractivity contribution is 6.22. The highest BCUT2D eigenvalue weighted by atomic mass is 15.2. The number of para-hydroxylation sites is 2. The van der Waals surface area contributed by atoms with Gasteiger partial charge in [-0.2, -0.15) is 0 Å². The molecule has 0 spiro atoms. The van der Waals surface area contributed by atoms with Crippen LogP contribution in [0, 0.1) is 0 Å². The third-order valence-corrected chi connectivity index (χ3v) is 10.8. The molecule has 0 saturated heterocycles. The molecule has 0 radical (unpaired) electrons. The van der Waals surface area contributed by atoms with E-state index in [0.29, 0.717) is 0 Å². The van der Waals surface area contributed by atoms with Crippen LogP contribution < -0.4 is 9.80 Å². The molecular formula is C54H38N4. The van der Waals surface area contributed by atoms with Crippen LogP contribution in [-0.2, 0) is 0 Å². The lowest BCUT2D eigenvalue weighted by Crippen LogP contribution is -2.09. The second kappa shape index (κ2) is 15.4. The van der Waals surface area contributed by atoms with Crippen molar-refractivity contribution in [2.24, 2.45) is 0 Å². The summed E-state index contributed by atoms with van der Waals surface area (Å²) in [6.45, 7) is 0. The number of hydrogen-bond acceptors (Lipinski definition) is 4. The maximum atomic E-state index is 4.45. The Bertz CT molecular complexity index is 2880. The first-order chi connectivity index (χ1) is 28.8. The van der Waals surface area contributed by atoms with Gasteiger partial charge >= 0.3 is 0 Å². The first kappa shape index (κ1) is 34.7. The molecule has 0 saturated carbocycles. The van der Waals surface area contributed by atoms with E-state index >= 15 is 0 Å². The predicted molar refractivity (Wildman–Crippen MR) is 243 cm³/mol. The summed E-state index contributed by atoms with van der Waals surface area (Å²) in [5, 5.41) is 4.84.